The van der Waals surface area contributed by atoms with Crippen molar-refractivity contribution in [3.05, 3.63) is 24.3 Å². The van der Waals surface area contributed by atoms with Gasteiger partial charge >= 0.3 is 0 Å². The third kappa shape index (κ3) is 2.97. The van der Waals surface area contributed by atoms with Crippen LogP contribution < -0.4 is 4.90 Å². The van der Waals surface area contributed by atoms with E-state index in [1.165, 1.54) is 5.69 Å². The highest BCUT2D eigenvalue weighted by Gasteiger charge is 2.23. The molecule has 3 rings (SSSR count). The number of para-hydroxylation sites is 2. The lowest BCUT2D eigenvalue weighted by Gasteiger charge is -2.30. The molecule has 0 N–H and O–H groups in total. The third-order valence-corrected chi connectivity index (χ3v) is 4.17. The molecule has 0 unspecified atom stereocenters. The van der Waals surface area contributed by atoms with E-state index in [2.05, 4.69) is 52.9 Å². The molecule has 2 heterocycles. The molecule has 0 aromatic heterocycles. The number of morpholine rings is 1. The minimum atomic E-state index is 0.798. The van der Waals surface area contributed by atoms with E-state index >= 15 is 0 Å². The van der Waals surface area contributed by atoms with Gasteiger partial charge in [0.1, 0.15) is 0 Å². The van der Waals surface area contributed by atoms with Crippen LogP contribution in [0.1, 0.15) is 6.92 Å². The van der Waals surface area contributed by atoms with E-state index in [1.807, 2.05) is 0 Å². The lowest BCUT2D eigenvalue weighted by Crippen LogP contribution is -2.36. The Morgan fingerprint density at radius 3 is 2.62 bits per heavy atom. The predicted octanol–water partition coefficient (Wildman–Crippen LogP) is 1.78. The highest BCUT2D eigenvalue weighted by atomic mass is 16.5. The molecule has 5 heteroatoms. The molecule has 114 valence electrons. The number of aliphatic imine (C=N–C) groups is 1. The number of guanidine groups is 1. The SMILES string of the molecule is CCN1CCN(C)C1=Nc1ccccc1N1CCOCC1. The van der Waals surface area contributed by atoms with Crippen LogP contribution in [0.25, 0.3) is 0 Å². The van der Waals surface area contributed by atoms with Crippen molar-refractivity contribution < 1.29 is 4.74 Å². The minimum Gasteiger partial charge on any atom is -0.378 e. The second-order valence-electron chi connectivity index (χ2n) is 5.50. The number of benzene rings is 1. The van der Waals surface area contributed by atoms with Crippen molar-refractivity contribution in [2.24, 2.45) is 4.99 Å². The second kappa shape index (κ2) is 6.35. The van der Waals surface area contributed by atoms with Crippen LogP contribution in [0.3, 0.4) is 0 Å². The molecule has 5 nitrogen and oxygen atoms in total. The van der Waals surface area contributed by atoms with Crippen LogP contribution >= 0.6 is 0 Å². The molecule has 0 aliphatic carbocycles. The van der Waals surface area contributed by atoms with Crippen LogP contribution in [0.2, 0.25) is 0 Å². The average Bonchev–Trinajstić information content (AvgIpc) is 2.89. The summed E-state index contributed by atoms with van der Waals surface area (Å²) < 4.78 is 5.45. The maximum atomic E-state index is 5.45. The summed E-state index contributed by atoms with van der Waals surface area (Å²) in [6, 6.07) is 8.42. The molecule has 1 aromatic rings. The number of likely N-dealkylation sites (N-methyl/N-ethyl adjacent to an activating group) is 2. The zero-order chi connectivity index (χ0) is 14.7. The van der Waals surface area contributed by atoms with Crippen molar-refractivity contribution in [1.29, 1.82) is 0 Å². The van der Waals surface area contributed by atoms with Crippen molar-refractivity contribution in [3.8, 4) is 0 Å². The molecule has 0 saturated carbocycles. The first kappa shape index (κ1) is 14.2. The quantitative estimate of drug-likeness (QED) is 0.848. The monoisotopic (exact) mass is 288 g/mol. The van der Waals surface area contributed by atoms with Gasteiger partial charge in [0.2, 0.25) is 5.96 Å². The van der Waals surface area contributed by atoms with E-state index in [4.69, 9.17) is 9.73 Å². The normalized spacial score (nSPS) is 21.4. The molecule has 0 amide bonds. The van der Waals surface area contributed by atoms with Gasteiger partial charge in [-0.2, -0.15) is 0 Å². The number of anilines is 1. The molecule has 0 atom stereocenters. The van der Waals surface area contributed by atoms with Gasteiger partial charge in [-0.25, -0.2) is 4.99 Å². The van der Waals surface area contributed by atoms with Gasteiger partial charge in [-0.05, 0) is 19.1 Å². The van der Waals surface area contributed by atoms with Crippen molar-refractivity contribution in [2.75, 3.05) is 57.9 Å². The van der Waals surface area contributed by atoms with E-state index in [9.17, 15) is 0 Å². The highest BCUT2D eigenvalue weighted by Crippen LogP contribution is 2.30. The van der Waals surface area contributed by atoms with Gasteiger partial charge in [0.15, 0.2) is 0 Å². The Bertz CT molecular complexity index is 511. The molecular formula is C16H24N4O. The molecule has 2 aliphatic heterocycles. The van der Waals surface area contributed by atoms with Crippen molar-refractivity contribution in [3.63, 3.8) is 0 Å². The Kier molecular flexibility index (Phi) is 4.29. The summed E-state index contributed by atoms with van der Waals surface area (Å²) in [5, 5.41) is 0. The van der Waals surface area contributed by atoms with Crippen molar-refractivity contribution in [1.82, 2.24) is 9.80 Å². The topological polar surface area (TPSA) is 31.3 Å². The van der Waals surface area contributed by atoms with Gasteiger partial charge in [0, 0.05) is 39.8 Å². The summed E-state index contributed by atoms with van der Waals surface area (Å²) in [7, 11) is 2.12. The van der Waals surface area contributed by atoms with E-state index < -0.39 is 0 Å². The minimum absolute atomic E-state index is 0.798. The Morgan fingerprint density at radius 2 is 1.86 bits per heavy atom. The lowest BCUT2D eigenvalue weighted by molar-refractivity contribution is 0.123. The second-order valence-corrected chi connectivity index (χ2v) is 5.50. The van der Waals surface area contributed by atoms with Crippen molar-refractivity contribution in [2.45, 2.75) is 6.92 Å². The Morgan fingerprint density at radius 1 is 1.10 bits per heavy atom. The highest BCUT2D eigenvalue weighted by molar-refractivity contribution is 5.86. The maximum absolute atomic E-state index is 5.45. The predicted molar refractivity (Wildman–Crippen MR) is 86.4 cm³/mol. The van der Waals surface area contributed by atoms with E-state index in [0.29, 0.717) is 0 Å². The molecule has 0 radical (unpaired) electrons. The number of hydrogen-bond acceptors (Lipinski definition) is 3. The molecule has 2 aliphatic rings. The van der Waals surface area contributed by atoms with Crippen LogP contribution in [0.15, 0.2) is 29.3 Å². The molecule has 2 fully saturated rings. The van der Waals surface area contributed by atoms with Crippen molar-refractivity contribution >= 4 is 17.3 Å². The third-order valence-electron chi connectivity index (χ3n) is 4.17. The molecule has 0 spiro atoms. The number of rotatable bonds is 3. The number of nitrogens with zero attached hydrogens (tertiary/aromatic N) is 4. The number of ether oxygens (including phenoxy) is 1. The summed E-state index contributed by atoms with van der Waals surface area (Å²) in [4.78, 5) is 11.9. The average molecular weight is 288 g/mol. The maximum Gasteiger partial charge on any atom is 0.201 e. The molecule has 21 heavy (non-hydrogen) atoms. The molecule has 0 bridgehead atoms. The standard InChI is InChI=1S/C16H24N4O/c1-3-19-9-8-18(2)16(19)17-14-6-4-5-7-15(14)20-10-12-21-13-11-20/h4-7H,3,8-13H2,1-2H3. The molecule has 2 saturated heterocycles. The van der Waals surface area contributed by atoms with E-state index in [1.54, 1.807) is 0 Å². The summed E-state index contributed by atoms with van der Waals surface area (Å²) in [6.45, 7) is 8.77. The molecule has 1 aromatic carbocycles. The van der Waals surface area contributed by atoms with Gasteiger partial charge in [0.25, 0.3) is 0 Å². The first-order chi connectivity index (χ1) is 10.3. The van der Waals surface area contributed by atoms with Gasteiger partial charge in [0.05, 0.1) is 24.6 Å². The fourth-order valence-electron chi connectivity index (χ4n) is 2.91. The van der Waals surface area contributed by atoms with Gasteiger partial charge in [-0.15, -0.1) is 0 Å². The van der Waals surface area contributed by atoms with Crippen LogP contribution in [-0.2, 0) is 4.74 Å². The van der Waals surface area contributed by atoms with Crippen LogP contribution in [0.4, 0.5) is 11.4 Å². The smallest absolute Gasteiger partial charge is 0.201 e. The van der Waals surface area contributed by atoms with E-state index in [0.717, 1.165) is 57.6 Å². The zero-order valence-corrected chi connectivity index (χ0v) is 13.0. The fraction of sp³-hybridized carbons (Fsp3) is 0.562. The van der Waals surface area contributed by atoms with Gasteiger partial charge in [-0.1, -0.05) is 12.1 Å². The fourth-order valence-corrected chi connectivity index (χ4v) is 2.91. The first-order valence-electron chi connectivity index (χ1n) is 7.76. The van der Waals surface area contributed by atoms with E-state index in [-0.39, 0.29) is 0 Å². The van der Waals surface area contributed by atoms with Gasteiger partial charge in [-0.3, -0.25) is 0 Å². The van der Waals surface area contributed by atoms with Crippen LogP contribution in [-0.4, -0.2) is 68.7 Å². The largest absolute Gasteiger partial charge is 0.378 e. The Hall–Kier alpha value is -1.75. The van der Waals surface area contributed by atoms with Crippen LogP contribution in [0, 0.1) is 0 Å². The Labute approximate surface area is 126 Å². The lowest BCUT2D eigenvalue weighted by atomic mass is 10.2. The summed E-state index contributed by atoms with van der Waals surface area (Å²) in [5.74, 6) is 1.08. The summed E-state index contributed by atoms with van der Waals surface area (Å²) in [5.41, 5.74) is 2.27. The summed E-state index contributed by atoms with van der Waals surface area (Å²) >= 11 is 0. The molecular weight excluding hydrogens is 264 g/mol. The number of hydrogen-bond donors (Lipinski definition) is 0. The summed E-state index contributed by atoms with van der Waals surface area (Å²) in [6.07, 6.45) is 0. The zero-order valence-electron chi connectivity index (χ0n) is 13.0. The Balaban J connectivity index is 1.91. The first-order valence-corrected chi connectivity index (χ1v) is 7.76. The van der Waals surface area contributed by atoms with Gasteiger partial charge < -0.3 is 19.4 Å². The van der Waals surface area contributed by atoms with Crippen LogP contribution in [0.5, 0.6) is 0 Å².